The van der Waals surface area contributed by atoms with Crippen LogP contribution >= 0.6 is 31.9 Å². The van der Waals surface area contributed by atoms with Gasteiger partial charge in [0.2, 0.25) is 0 Å². The largest absolute Gasteiger partial charge is 0.398 e. The number of hydrogen-bond donors (Lipinski definition) is 2. The Morgan fingerprint density at radius 1 is 0.640 bits per heavy atom. The lowest BCUT2D eigenvalue weighted by molar-refractivity contribution is 1.02. The average Bonchev–Trinajstić information content (AvgIpc) is 2.60. The topological polar surface area (TPSA) is 52.0 Å². The Morgan fingerprint density at radius 2 is 1.00 bits per heavy atom. The van der Waals surface area contributed by atoms with Crippen LogP contribution in [0.25, 0.3) is 0 Å². The predicted molar refractivity (Wildman–Crippen MR) is 117 cm³/mol. The molecule has 0 bridgehead atoms. The molecular formula is C21H28Br2N2. The van der Waals surface area contributed by atoms with Gasteiger partial charge in [0.25, 0.3) is 0 Å². The van der Waals surface area contributed by atoms with Crippen LogP contribution in [0.1, 0.15) is 61.1 Å². The summed E-state index contributed by atoms with van der Waals surface area (Å²) in [5, 5.41) is 0. The molecule has 0 aliphatic rings. The molecule has 0 heterocycles. The molecule has 25 heavy (non-hydrogen) atoms. The molecule has 2 aromatic carbocycles. The third-order valence-corrected chi connectivity index (χ3v) is 6.96. The quantitative estimate of drug-likeness (QED) is 0.495. The first-order valence-corrected chi connectivity index (χ1v) is 10.6. The molecule has 0 atom stereocenters. The van der Waals surface area contributed by atoms with Crippen molar-refractivity contribution in [2.45, 2.75) is 59.8 Å². The Labute approximate surface area is 168 Å². The molecule has 0 radical (unpaired) electrons. The maximum Gasteiger partial charge on any atom is 0.0390 e. The van der Waals surface area contributed by atoms with E-state index in [9.17, 15) is 0 Å². The van der Waals surface area contributed by atoms with E-state index in [1.165, 1.54) is 33.4 Å². The molecule has 136 valence electrons. The fourth-order valence-electron chi connectivity index (χ4n) is 3.45. The standard InChI is InChI=1S/C21H28Br2N2/c1-5-12-9-14(18(22)16(7-3)20(12)24)11-15-10-13(6-2)21(25)17(8-4)19(15)23/h9-10H,5-8,11,24-25H2,1-4H3. The Morgan fingerprint density at radius 3 is 1.28 bits per heavy atom. The van der Waals surface area contributed by atoms with Crippen molar-refractivity contribution in [1.29, 1.82) is 0 Å². The summed E-state index contributed by atoms with van der Waals surface area (Å²) in [5.74, 6) is 0. The summed E-state index contributed by atoms with van der Waals surface area (Å²) in [5.41, 5.74) is 22.0. The molecule has 0 unspecified atom stereocenters. The monoisotopic (exact) mass is 466 g/mol. The summed E-state index contributed by atoms with van der Waals surface area (Å²) in [7, 11) is 0. The number of rotatable bonds is 6. The number of anilines is 2. The van der Waals surface area contributed by atoms with E-state index >= 15 is 0 Å². The van der Waals surface area contributed by atoms with Crippen LogP contribution in [0.2, 0.25) is 0 Å². The van der Waals surface area contributed by atoms with E-state index in [0.29, 0.717) is 0 Å². The van der Waals surface area contributed by atoms with Gasteiger partial charge in [0, 0.05) is 20.3 Å². The number of halogens is 2. The first-order valence-electron chi connectivity index (χ1n) is 9.06. The van der Waals surface area contributed by atoms with Gasteiger partial charge >= 0.3 is 0 Å². The summed E-state index contributed by atoms with van der Waals surface area (Å²) in [4.78, 5) is 0. The van der Waals surface area contributed by atoms with E-state index in [1.807, 2.05) is 0 Å². The van der Waals surface area contributed by atoms with Gasteiger partial charge in [-0.3, -0.25) is 0 Å². The smallest absolute Gasteiger partial charge is 0.0390 e. The Hall–Kier alpha value is -1.00. The van der Waals surface area contributed by atoms with Crippen LogP contribution in [0.4, 0.5) is 11.4 Å². The molecule has 0 aliphatic heterocycles. The van der Waals surface area contributed by atoms with Crippen LogP contribution < -0.4 is 11.5 Å². The minimum absolute atomic E-state index is 0.863. The molecule has 0 aliphatic carbocycles. The van der Waals surface area contributed by atoms with Crippen molar-refractivity contribution < 1.29 is 0 Å². The number of aryl methyl sites for hydroxylation is 2. The predicted octanol–water partition coefficient (Wildman–Crippen LogP) is 6.22. The van der Waals surface area contributed by atoms with Gasteiger partial charge in [-0.15, -0.1) is 0 Å². The highest BCUT2D eigenvalue weighted by molar-refractivity contribution is 9.11. The summed E-state index contributed by atoms with van der Waals surface area (Å²) in [6.45, 7) is 8.63. The molecule has 2 rings (SSSR count). The van der Waals surface area contributed by atoms with Gasteiger partial charge in [0.15, 0.2) is 0 Å². The number of nitrogen functional groups attached to an aromatic ring is 2. The SMILES string of the molecule is CCc1cc(Cc2cc(CC)c(N)c(CC)c2Br)c(Br)c(CC)c1N. The Kier molecular flexibility index (Phi) is 6.98. The van der Waals surface area contributed by atoms with Crippen LogP contribution in [-0.4, -0.2) is 0 Å². The molecule has 0 amide bonds. The van der Waals surface area contributed by atoms with Crippen molar-refractivity contribution >= 4 is 43.2 Å². The maximum atomic E-state index is 6.35. The van der Waals surface area contributed by atoms with Crippen molar-refractivity contribution in [2.24, 2.45) is 0 Å². The molecule has 0 saturated heterocycles. The summed E-state index contributed by atoms with van der Waals surface area (Å²) in [6.07, 6.45) is 4.61. The molecule has 2 aromatic rings. The highest BCUT2D eigenvalue weighted by Gasteiger charge is 2.17. The zero-order valence-corrected chi connectivity index (χ0v) is 18.8. The van der Waals surface area contributed by atoms with Gasteiger partial charge in [-0.25, -0.2) is 0 Å². The molecular weight excluding hydrogens is 440 g/mol. The minimum atomic E-state index is 0.863. The first kappa shape index (κ1) is 20.3. The summed E-state index contributed by atoms with van der Waals surface area (Å²) in [6, 6.07) is 4.50. The number of nitrogens with two attached hydrogens (primary N) is 2. The van der Waals surface area contributed by atoms with Crippen LogP contribution in [0.5, 0.6) is 0 Å². The van der Waals surface area contributed by atoms with Gasteiger partial charge < -0.3 is 11.5 Å². The normalized spacial score (nSPS) is 11.1. The fourth-order valence-corrected chi connectivity index (χ4v) is 4.95. The van der Waals surface area contributed by atoms with Gasteiger partial charge in [0.05, 0.1) is 0 Å². The van der Waals surface area contributed by atoms with E-state index in [0.717, 1.165) is 52.4 Å². The van der Waals surface area contributed by atoms with E-state index in [-0.39, 0.29) is 0 Å². The van der Waals surface area contributed by atoms with Gasteiger partial charge in [0.1, 0.15) is 0 Å². The zero-order chi connectivity index (χ0) is 18.7. The second-order valence-corrected chi connectivity index (χ2v) is 7.98. The van der Waals surface area contributed by atoms with Crippen molar-refractivity contribution in [3.63, 3.8) is 0 Å². The van der Waals surface area contributed by atoms with Crippen molar-refractivity contribution in [3.05, 3.63) is 54.5 Å². The van der Waals surface area contributed by atoms with Crippen molar-refractivity contribution in [1.82, 2.24) is 0 Å². The fraction of sp³-hybridized carbons (Fsp3) is 0.429. The molecule has 0 spiro atoms. The van der Waals surface area contributed by atoms with Crippen LogP contribution in [0, 0.1) is 0 Å². The molecule has 0 aromatic heterocycles. The highest BCUT2D eigenvalue weighted by Crippen LogP contribution is 2.36. The third kappa shape index (κ3) is 3.90. The second-order valence-electron chi connectivity index (χ2n) is 6.39. The third-order valence-electron chi connectivity index (χ3n) is 4.98. The lowest BCUT2D eigenvalue weighted by atomic mass is 9.93. The summed E-state index contributed by atoms with van der Waals surface area (Å²) >= 11 is 7.61. The first-order chi connectivity index (χ1) is 11.9. The van der Waals surface area contributed by atoms with E-state index in [2.05, 4.69) is 71.7 Å². The van der Waals surface area contributed by atoms with Crippen LogP contribution in [-0.2, 0) is 32.1 Å². The Bertz CT molecular complexity index is 717. The van der Waals surface area contributed by atoms with Gasteiger partial charge in [-0.1, -0.05) is 71.7 Å². The molecule has 4 N–H and O–H groups in total. The van der Waals surface area contributed by atoms with Crippen LogP contribution in [0.15, 0.2) is 21.1 Å². The van der Waals surface area contributed by atoms with Crippen LogP contribution in [0.3, 0.4) is 0 Å². The Balaban J connectivity index is 2.61. The van der Waals surface area contributed by atoms with E-state index < -0.39 is 0 Å². The van der Waals surface area contributed by atoms with E-state index in [4.69, 9.17) is 11.5 Å². The maximum absolute atomic E-state index is 6.35. The molecule has 0 fully saturated rings. The summed E-state index contributed by atoms with van der Waals surface area (Å²) < 4.78 is 2.29. The van der Waals surface area contributed by atoms with E-state index in [1.54, 1.807) is 0 Å². The van der Waals surface area contributed by atoms with Gasteiger partial charge in [-0.05, 0) is 65.5 Å². The van der Waals surface area contributed by atoms with Crippen molar-refractivity contribution in [3.8, 4) is 0 Å². The molecule has 0 saturated carbocycles. The number of benzene rings is 2. The lowest BCUT2D eigenvalue weighted by Gasteiger charge is -2.19. The highest BCUT2D eigenvalue weighted by atomic mass is 79.9. The average molecular weight is 468 g/mol. The molecule has 2 nitrogen and oxygen atoms in total. The van der Waals surface area contributed by atoms with Gasteiger partial charge in [-0.2, -0.15) is 0 Å². The number of hydrogen-bond acceptors (Lipinski definition) is 2. The van der Waals surface area contributed by atoms with Crippen molar-refractivity contribution in [2.75, 3.05) is 11.5 Å². The minimum Gasteiger partial charge on any atom is -0.398 e. The lowest BCUT2D eigenvalue weighted by Crippen LogP contribution is -2.06. The zero-order valence-electron chi connectivity index (χ0n) is 15.6. The second kappa shape index (κ2) is 8.59. The molecule has 4 heteroatoms.